The van der Waals surface area contributed by atoms with Gasteiger partial charge in [-0.05, 0) is 25.8 Å². The van der Waals surface area contributed by atoms with Gasteiger partial charge in [0.2, 0.25) is 0 Å². The van der Waals surface area contributed by atoms with Crippen molar-refractivity contribution in [1.29, 1.82) is 0 Å². The molecule has 6 heteroatoms. The van der Waals surface area contributed by atoms with E-state index in [2.05, 4.69) is 5.32 Å². The van der Waals surface area contributed by atoms with Crippen molar-refractivity contribution >= 4 is 12.0 Å². The third-order valence-electron chi connectivity index (χ3n) is 3.28. The summed E-state index contributed by atoms with van der Waals surface area (Å²) < 4.78 is 0. The molecule has 1 saturated heterocycles. The second-order valence-corrected chi connectivity index (χ2v) is 4.86. The van der Waals surface area contributed by atoms with Crippen LogP contribution in [0.3, 0.4) is 0 Å². The number of carboxylic acid groups (broad SMARTS) is 1. The van der Waals surface area contributed by atoms with Crippen LogP contribution >= 0.6 is 0 Å². The predicted octanol–water partition coefficient (Wildman–Crippen LogP) is 0.444. The van der Waals surface area contributed by atoms with Crippen LogP contribution in [0.2, 0.25) is 0 Å². The Morgan fingerprint density at radius 3 is 2.83 bits per heavy atom. The molecule has 1 heterocycles. The molecular weight excluding hydrogens is 234 g/mol. The van der Waals surface area contributed by atoms with E-state index >= 15 is 0 Å². The fraction of sp³-hybridized carbons (Fsp3) is 0.833. The van der Waals surface area contributed by atoms with Crippen molar-refractivity contribution in [3.05, 3.63) is 0 Å². The Bertz CT molecular complexity index is 296. The van der Waals surface area contributed by atoms with Crippen LogP contribution in [0.4, 0.5) is 4.79 Å². The van der Waals surface area contributed by atoms with E-state index in [9.17, 15) is 9.59 Å². The zero-order valence-corrected chi connectivity index (χ0v) is 11.2. The number of carbonyl (C=O) groups is 2. The summed E-state index contributed by atoms with van der Waals surface area (Å²) in [5.41, 5.74) is 0. The number of nitrogens with zero attached hydrogens (tertiary/aromatic N) is 2. The first-order chi connectivity index (χ1) is 8.54. The lowest BCUT2D eigenvalue weighted by Crippen LogP contribution is -2.47. The zero-order valence-electron chi connectivity index (χ0n) is 11.2. The van der Waals surface area contributed by atoms with Gasteiger partial charge in [-0.25, -0.2) is 4.79 Å². The molecule has 0 aromatic carbocycles. The standard InChI is InChI=1S/C12H23N3O3/c1-13-5-7-14(2)12(18)15-6-3-4-10(9-15)8-11(16)17/h10,13H,3-9H2,1-2H3,(H,16,17). The van der Waals surface area contributed by atoms with Gasteiger partial charge in [-0.1, -0.05) is 0 Å². The lowest BCUT2D eigenvalue weighted by molar-refractivity contribution is -0.138. The van der Waals surface area contributed by atoms with E-state index in [1.165, 1.54) is 0 Å². The molecule has 2 N–H and O–H groups in total. The summed E-state index contributed by atoms with van der Waals surface area (Å²) in [5.74, 6) is -0.685. The Labute approximate surface area is 108 Å². The Hall–Kier alpha value is -1.30. The fourth-order valence-electron chi connectivity index (χ4n) is 2.27. The maximum Gasteiger partial charge on any atom is 0.319 e. The van der Waals surface area contributed by atoms with E-state index in [0.29, 0.717) is 13.1 Å². The van der Waals surface area contributed by atoms with Crippen molar-refractivity contribution in [1.82, 2.24) is 15.1 Å². The van der Waals surface area contributed by atoms with Crippen molar-refractivity contribution in [3.63, 3.8) is 0 Å². The van der Waals surface area contributed by atoms with Crippen molar-refractivity contribution in [2.24, 2.45) is 5.92 Å². The number of amides is 2. The molecule has 104 valence electrons. The van der Waals surface area contributed by atoms with E-state index < -0.39 is 5.97 Å². The van der Waals surface area contributed by atoms with Crippen molar-refractivity contribution in [2.75, 3.05) is 40.3 Å². The average molecular weight is 257 g/mol. The highest BCUT2D eigenvalue weighted by Crippen LogP contribution is 2.20. The smallest absolute Gasteiger partial charge is 0.319 e. The van der Waals surface area contributed by atoms with Gasteiger partial charge in [-0.2, -0.15) is 0 Å². The number of carbonyl (C=O) groups excluding carboxylic acids is 1. The van der Waals surface area contributed by atoms with Crippen LogP contribution in [0.25, 0.3) is 0 Å². The van der Waals surface area contributed by atoms with Crippen LogP contribution in [0.1, 0.15) is 19.3 Å². The summed E-state index contributed by atoms with van der Waals surface area (Å²) >= 11 is 0. The Morgan fingerprint density at radius 2 is 2.22 bits per heavy atom. The first-order valence-corrected chi connectivity index (χ1v) is 6.41. The van der Waals surface area contributed by atoms with Gasteiger partial charge in [-0.15, -0.1) is 0 Å². The Balaban J connectivity index is 2.44. The quantitative estimate of drug-likeness (QED) is 0.750. The molecular formula is C12H23N3O3. The van der Waals surface area contributed by atoms with Crippen molar-refractivity contribution in [2.45, 2.75) is 19.3 Å². The lowest BCUT2D eigenvalue weighted by atomic mass is 9.95. The number of aliphatic carboxylic acids is 1. The minimum absolute atomic E-state index is 0.000314. The van der Waals surface area contributed by atoms with Crippen LogP contribution in [-0.2, 0) is 4.79 Å². The number of carboxylic acids is 1. The number of hydrogen-bond acceptors (Lipinski definition) is 3. The molecule has 1 rings (SSSR count). The predicted molar refractivity (Wildman–Crippen MR) is 68.5 cm³/mol. The molecule has 1 aliphatic rings. The largest absolute Gasteiger partial charge is 0.481 e. The number of likely N-dealkylation sites (tertiary alicyclic amines) is 1. The van der Waals surface area contributed by atoms with Crippen LogP contribution in [0.5, 0.6) is 0 Å². The summed E-state index contributed by atoms with van der Waals surface area (Å²) in [5, 5.41) is 11.8. The fourth-order valence-corrected chi connectivity index (χ4v) is 2.27. The maximum absolute atomic E-state index is 12.1. The Morgan fingerprint density at radius 1 is 1.50 bits per heavy atom. The number of likely N-dealkylation sites (N-methyl/N-ethyl adjacent to an activating group) is 2. The zero-order chi connectivity index (χ0) is 13.5. The summed E-state index contributed by atoms with van der Waals surface area (Å²) in [7, 11) is 3.63. The minimum atomic E-state index is -0.780. The van der Waals surface area contributed by atoms with E-state index in [-0.39, 0.29) is 18.4 Å². The molecule has 0 aromatic heterocycles. The molecule has 0 aliphatic carbocycles. The number of piperidine rings is 1. The number of nitrogens with one attached hydrogen (secondary N) is 1. The van der Waals surface area contributed by atoms with E-state index in [0.717, 1.165) is 25.9 Å². The summed E-state index contributed by atoms with van der Waals surface area (Å²) in [6, 6.07) is 0.000314. The van der Waals surface area contributed by atoms with Gasteiger partial charge in [-0.3, -0.25) is 4.79 Å². The third-order valence-corrected chi connectivity index (χ3v) is 3.28. The van der Waals surface area contributed by atoms with Gasteiger partial charge in [0.05, 0.1) is 0 Å². The van der Waals surface area contributed by atoms with Crippen molar-refractivity contribution < 1.29 is 14.7 Å². The highest BCUT2D eigenvalue weighted by molar-refractivity contribution is 5.74. The molecule has 0 bridgehead atoms. The molecule has 1 atom stereocenters. The van der Waals surface area contributed by atoms with Crippen LogP contribution < -0.4 is 5.32 Å². The highest BCUT2D eigenvalue weighted by atomic mass is 16.4. The number of hydrogen-bond donors (Lipinski definition) is 2. The maximum atomic E-state index is 12.1. The Kier molecular flexibility index (Phi) is 5.91. The first kappa shape index (κ1) is 14.8. The van der Waals surface area contributed by atoms with E-state index in [1.54, 1.807) is 16.8 Å². The van der Waals surface area contributed by atoms with Crippen LogP contribution in [0, 0.1) is 5.92 Å². The monoisotopic (exact) mass is 257 g/mol. The molecule has 2 amide bonds. The number of rotatable bonds is 5. The summed E-state index contributed by atoms with van der Waals surface area (Å²) in [6.07, 6.45) is 1.95. The topological polar surface area (TPSA) is 72.9 Å². The minimum Gasteiger partial charge on any atom is -0.481 e. The van der Waals surface area contributed by atoms with E-state index in [1.807, 2.05) is 7.05 Å². The number of urea groups is 1. The third kappa shape index (κ3) is 4.52. The molecule has 1 aliphatic heterocycles. The second kappa shape index (κ2) is 7.20. The van der Waals surface area contributed by atoms with Crippen LogP contribution in [0.15, 0.2) is 0 Å². The van der Waals surface area contributed by atoms with Gasteiger partial charge in [0.15, 0.2) is 0 Å². The molecule has 18 heavy (non-hydrogen) atoms. The summed E-state index contributed by atoms with van der Waals surface area (Å²) in [6.45, 7) is 2.72. The molecule has 1 fully saturated rings. The van der Waals surface area contributed by atoms with Gasteiger partial charge >= 0.3 is 12.0 Å². The molecule has 1 unspecified atom stereocenters. The molecule has 0 saturated carbocycles. The molecule has 6 nitrogen and oxygen atoms in total. The van der Waals surface area contributed by atoms with Gasteiger partial charge < -0.3 is 20.2 Å². The SMILES string of the molecule is CNCCN(C)C(=O)N1CCCC(CC(=O)O)C1. The van der Waals surface area contributed by atoms with E-state index in [4.69, 9.17) is 5.11 Å². The lowest BCUT2D eigenvalue weighted by Gasteiger charge is -2.34. The highest BCUT2D eigenvalue weighted by Gasteiger charge is 2.26. The molecule has 0 radical (unpaired) electrons. The first-order valence-electron chi connectivity index (χ1n) is 6.41. The van der Waals surface area contributed by atoms with Gasteiger partial charge in [0.25, 0.3) is 0 Å². The normalized spacial score (nSPS) is 19.7. The summed E-state index contributed by atoms with van der Waals surface area (Å²) in [4.78, 5) is 26.3. The van der Waals surface area contributed by atoms with Crippen LogP contribution in [-0.4, -0.2) is 67.2 Å². The van der Waals surface area contributed by atoms with Gasteiger partial charge in [0, 0.05) is 39.6 Å². The average Bonchev–Trinajstić information content (AvgIpc) is 2.34. The molecule has 0 spiro atoms. The molecule has 0 aromatic rings. The van der Waals surface area contributed by atoms with Crippen molar-refractivity contribution in [3.8, 4) is 0 Å². The second-order valence-electron chi connectivity index (χ2n) is 4.86. The van der Waals surface area contributed by atoms with Gasteiger partial charge in [0.1, 0.15) is 0 Å².